The summed E-state index contributed by atoms with van der Waals surface area (Å²) in [5.74, 6) is -1.55. The van der Waals surface area contributed by atoms with Gasteiger partial charge in [0.1, 0.15) is 23.6 Å². The van der Waals surface area contributed by atoms with Crippen molar-refractivity contribution in [2.24, 2.45) is 0 Å². The molecule has 45 heavy (non-hydrogen) atoms. The molecule has 9 nitrogen and oxygen atoms in total. The van der Waals surface area contributed by atoms with Crippen LogP contribution in [0.25, 0.3) is 10.9 Å². The minimum atomic E-state index is -3.83. The lowest BCUT2D eigenvalue weighted by atomic mass is 9.83. The summed E-state index contributed by atoms with van der Waals surface area (Å²) >= 11 is 0. The Morgan fingerprint density at radius 1 is 1.07 bits per heavy atom. The van der Waals surface area contributed by atoms with Crippen LogP contribution in [0.15, 0.2) is 60.7 Å². The number of benzene rings is 3. The molecule has 0 spiro atoms. The first kappa shape index (κ1) is 29.5. The van der Waals surface area contributed by atoms with Gasteiger partial charge in [0.2, 0.25) is 5.91 Å². The van der Waals surface area contributed by atoms with Crippen LogP contribution in [-0.4, -0.2) is 52.9 Å². The number of nitrogens with zero attached hydrogens (tertiary/aromatic N) is 1. The summed E-state index contributed by atoms with van der Waals surface area (Å²) in [5, 5.41) is 23.2. The maximum atomic E-state index is 15.6. The minimum Gasteiger partial charge on any atom is -0.492 e. The van der Waals surface area contributed by atoms with Gasteiger partial charge < -0.3 is 39.0 Å². The van der Waals surface area contributed by atoms with E-state index >= 15 is 4.39 Å². The van der Waals surface area contributed by atoms with Gasteiger partial charge in [0, 0.05) is 34.2 Å². The number of alkyl halides is 2. The molecule has 1 aliphatic carbocycles. The quantitative estimate of drug-likeness (QED) is 0.228. The van der Waals surface area contributed by atoms with Crippen LogP contribution in [0, 0.1) is 5.82 Å². The summed E-state index contributed by atoms with van der Waals surface area (Å²) in [4.78, 5) is 13.6. The van der Waals surface area contributed by atoms with E-state index in [1.807, 2.05) is 41.0 Å². The van der Waals surface area contributed by atoms with Crippen LogP contribution in [0.1, 0.15) is 36.6 Å². The van der Waals surface area contributed by atoms with E-state index in [4.69, 9.17) is 9.47 Å². The van der Waals surface area contributed by atoms with E-state index in [9.17, 15) is 23.8 Å². The van der Waals surface area contributed by atoms with Crippen molar-refractivity contribution in [3.05, 3.63) is 83.3 Å². The zero-order chi connectivity index (χ0) is 31.6. The number of anilines is 1. The van der Waals surface area contributed by atoms with Gasteiger partial charge in [0.25, 0.3) is 0 Å². The highest BCUT2D eigenvalue weighted by Crippen LogP contribution is 2.51. The van der Waals surface area contributed by atoms with Crippen molar-refractivity contribution < 1.29 is 47.1 Å². The average molecular weight is 625 g/mol. The van der Waals surface area contributed by atoms with Gasteiger partial charge in [-0.25, -0.2) is 4.39 Å². The van der Waals surface area contributed by atoms with Gasteiger partial charge in [-0.3, -0.25) is 4.79 Å². The average Bonchev–Trinajstić information content (AvgIpc) is 3.48. The van der Waals surface area contributed by atoms with Crippen LogP contribution in [-0.2, 0) is 33.5 Å². The van der Waals surface area contributed by atoms with Crippen molar-refractivity contribution in [1.82, 2.24) is 4.57 Å². The van der Waals surface area contributed by atoms with Crippen molar-refractivity contribution in [2.45, 2.75) is 56.1 Å². The van der Waals surface area contributed by atoms with E-state index in [-0.39, 0.29) is 41.5 Å². The molecule has 1 amide bonds. The fraction of sp³-hybridized carbons (Fsp3) is 0.364. The number of halogens is 3. The van der Waals surface area contributed by atoms with E-state index in [2.05, 4.69) is 14.8 Å². The first-order valence-corrected chi connectivity index (χ1v) is 14.6. The topological polar surface area (TPSA) is 111 Å². The lowest BCUT2D eigenvalue weighted by Gasteiger charge is -2.22. The van der Waals surface area contributed by atoms with Crippen LogP contribution in [0.5, 0.6) is 17.2 Å². The van der Waals surface area contributed by atoms with Gasteiger partial charge in [-0.05, 0) is 43.5 Å². The Hall–Kier alpha value is -4.26. The molecule has 0 radical (unpaired) electrons. The van der Waals surface area contributed by atoms with E-state index in [1.165, 1.54) is 24.3 Å². The van der Waals surface area contributed by atoms with E-state index in [0.29, 0.717) is 29.7 Å². The van der Waals surface area contributed by atoms with Gasteiger partial charge in [-0.2, -0.15) is 0 Å². The number of aliphatic hydroxyl groups is 2. The number of rotatable bonds is 10. The summed E-state index contributed by atoms with van der Waals surface area (Å²) in [6, 6.07) is 17.0. The van der Waals surface area contributed by atoms with Crippen LogP contribution >= 0.6 is 0 Å². The van der Waals surface area contributed by atoms with Crippen molar-refractivity contribution in [1.29, 1.82) is 0 Å². The summed E-state index contributed by atoms with van der Waals surface area (Å²) in [7, 11) is 0. The Morgan fingerprint density at radius 2 is 1.80 bits per heavy atom. The first-order chi connectivity index (χ1) is 21.5. The number of nitrogens with one attached hydrogen (secondary N) is 1. The van der Waals surface area contributed by atoms with Crippen LogP contribution in [0.2, 0.25) is 0 Å². The Labute approximate surface area is 256 Å². The van der Waals surface area contributed by atoms with E-state index < -0.39 is 36.1 Å². The Morgan fingerprint density at radius 3 is 2.51 bits per heavy atom. The highest BCUT2D eigenvalue weighted by Gasteiger charge is 2.50. The molecule has 1 saturated carbocycles. The van der Waals surface area contributed by atoms with Crippen molar-refractivity contribution in [2.75, 3.05) is 25.1 Å². The molecule has 12 heteroatoms. The predicted octanol–water partition coefficient (Wildman–Crippen LogP) is 4.99. The molecule has 0 bridgehead atoms. The number of carbonyl (C=O) groups is 1. The normalized spacial score (nSPS) is 20.9. The summed E-state index contributed by atoms with van der Waals surface area (Å²) < 4.78 is 65.5. The molecule has 2 aliphatic heterocycles. The van der Waals surface area contributed by atoms with Gasteiger partial charge >= 0.3 is 6.29 Å². The maximum absolute atomic E-state index is 15.6. The summed E-state index contributed by atoms with van der Waals surface area (Å²) in [5.41, 5.74) is 0.924. The third-order valence-corrected chi connectivity index (χ3v) is 8.84. The number of carbonyl (C=O) groups excluding carboxylic acids is 1. The van der Waals surface area contributed by atoms with E-state index in [1.54, 1.807) is 6.92 Å². The molecule has 3 N–H and O–H groups in total. The number of hydrogen-bond donors (Lipinski definition) is 3. The molecule has 1 fully saturated rings. The zero-order valence-corrected chi connectivity index (χ0v) is 24.3. The third-order valence-electron chi connectivity index (χ3n) is 8.84. The number of aromatic nitrogens is 1. The summed E-state index contributed by atoms with van der Waals surface area (Å²) in [6.45, 7) is 1.89. The van der Waals surface area contributed by atoms with Crippen LogP contribution < -0.4 is 19.5 Å². The SMILES string of the molecule is C[C@]1(C(=O)Nc2cc3cc(C4(COCc5ccccc5)CC4)n(C[C@@H](O)CO)c3cc2F)COc2cc3c(cc21)OC(F)(F)O3. The van der Waals surface area contributed by atoms with Gasteiger partial charge in [0.05, 0.1) is 43.7 Å². The monoisotopic (exact) mass is 624 g/mol. The number of amides is 1. The molecule has 236 valence electrons. The minimum absolute atomic E-state index is 0.0439. The molecule has 3 aromatic carbocycles. The Kier molecular flexibility index (Phi) is 6.99. The van der Waals surface area contributed by atoms with Crippen LogP contribution in [0.3, 0.4) is 0 Å². The van der Waals surface area contributed by atoms with Crippen LogP contribution in [0.4, 0.5) is 18.9 Å². The fourth-order valence-corrected chi connectivity index (χ4v) is 6.12. The molecule has 7 rings (SSSR count). The highest BCUT2D eigenvalue weighted by atomic mass is 19.3. The smallest absolute Gasteiger partial charge is 0.492 e. The lowest BCUT2D eigenvalue weighted by molar-refractivity contribution is -0.286. The largest absolute Gasteiger partial charge is 0.586 e. The molecule has 3 aliphatic rings. The van der Waals surface area contributed by atoms with Gasteiger partial charge in [-0.1, -0.05) is 30.3 Å². The second-order valence-electron chi connectivity index (χ2n) is 12.2. The first-order valence-electron chi connectivity index (χ1n) is 14.6. The van der Waals surface area contributed by atoms with Gasteiger partial charge in [0.15, 0.2) is 11.5 Å². The molecule has 0 saturated heterocycles. The Balaban J connectivity index is 1.17. The number of aliphatic hydroxyl groups excluding tert-OH is 2. The number of fused-ring (bicyclic) bond motifs is 3. The lowest BCUT2D eigenvalue weighted by Crippen LogP contribution is -2.39. The zero-order valence-electron chi connectivity index (χ0n) is 24.3. The molecule has 1 aromatic heterocycles. The van der Waals surface area contributed by atoms with Crippen molar-refractivity contribution >= 4 is 22.5 Å². The second kappa shape index (κ2) is 10.7. The fourth-order valence-electron chi connectivity index (χ4n) is 6.12. The molecule has 3 heterocycles. The predicted molar refractivity (Wildman–Crippen MR) is 156 cm³/mol. The van der Waals surface area contributed by atoms with E-state index in [0.717, 1.165) is 24.1 Å². The molecule has 4 aromatic rings. The van der Waals surface area contributed by atoms with Gasteiger partial charge in [-0.15, -0.1) is 8.78 Å². The second-order valence-corrected chi connectivity index (χ2v) is 12.2. The standard InChI is InChI=1S/C33H31F3N2O7/c1-31(17-43-26-13-28-27(11-22(26)31)44-33(35,36)45-28)30(41)37-24-9-20-10-29(38(14-21(40)15-39)25(20)12-23(24)34)32(7-8-32)18-42-16-19-5-3-2-4-6-19/h2-6,9-13,21,39-40H,7-8,14-18H2,1H3,(H,37,41)/t21-,31+/m1/s1. The Bertz CT molecular complexity index is 1790. The van der Waals surface area contributed by atoms with Crippen molar-refractivity contribution in [3.63, 3.8) is 0 Å². The molecule has 2 atom stereocenters. The van der Waals surface area contributed by atoms with Crippen molar-refractivity contribution in [3.8, 4) is 17.2 Å². The number of hydrogen-bond acceptors (Lipinski definition) is 7. The molecule has 0 unspecified atom stereocenters. The third kappa shape index (κ3) is 5.26. The maximum Gasteiger partial charge on any atom is 0.586 e. The molecular formula is C33H31F3N2O7. The summed E-state index contributed by atoms with van der Waals surface area (Å²) in [6.07, 6.45) is -3.23. The number of ether oxygens (including phenoxy) is 4. The molecular weight excluding hydrogens is 593 g/mol. The highest BCUT2D eigenvalue weighted by molar-refractivity contribution is 6.01.